The molecule has 0 spiro atoms. The quantitative estimate of drug-likeness (QED) is 0.770. The Morgan fingerprint density at radius 1 is 0.905 bits per heavy atom. The van der Waals surface area contributed by atoms with Crippen molar-refractivity contribution in [2.75, 3.05) is 6.54 Å². The number of aryl methyl sites for hydroxylation is 1. The molecule has 1 N–H and O–H groups in total. The number of nitrogens with one attached hydrogen (secondary N) is 1. The second-order valence-corrected chi connectivity index (χ2v) is 5.51. The number of hydrogen-bond donors (Lipinski definition) is 1. The molecule has 112 valence electrons. The lowest BCUT2D eigenvalue weighted by molar-refractivity contribution is 0.598. The van der Waals surface area contributed by atoms with Crippen LogP contribution in [0.3, 0.4) is 0 Å². The number of aromatic nitrogens is 1. The summed E-state index contributed by atoms with van der Waals surface area (Å²) in [6.07, 6.45) is 8.56. The van der Waals surface area contributed by atoms with Gasteiger partial charge in [-0.3, -0.25) is 4.98 Å². The van der Waals surface area contributed by atoms with Gasteiger partial charge in [-0.05, 0) is 54.6 Å². The maximum atomic E-state index is 4.12. The minimum absolute atomic E-state index is 0.258. The van der Waals surface area contributed by atoms with Crippen molar-refractivity contribution in [3.8, 4) is 0 Å². The van der Waals surface area contributed by atoms with E-state index < -0.39 is 0 Å². The van der Waals surface area contributed by atoms with Crippen LogP contribution in [-0.4, -0.2) is 11.5 Å². The van der Waals surface area contributed by atoms with Crippen LogP contribution in [0.15, 0.2) is 48.8 Å². The van der Waals surface area contributed by atoms with E-state index in [-0.39, 0.29) is 6.04 Å². The van der Waals surface area contributed by atoms with Crippen LogP contribution in [0.2, 0.25) is 0 Å². The molecule has 0 bridgehead atoms. The van der Waals surface area contributed by atoms with Crippen molar-refractivity contribution in [1.29, 1.82) is 0 Å². The van der Waals surface area contributed by atoms with Crippen molar-refractivity contribution < 1.29 is 0 Å². The first kappa shape index (κ1) is 15.7. The van der Waals surface area contributed by atoms with Crippen LogP contribution in [-0.2, 0) is 6.42 Å². The zero-order valence-corrected chi connectivity index (χ0v) is 13.2. The lowest BCUT2D eigenvalue weighted by Crippen LogP contribution is -2.23. The van der Waals surface area contributed by atoms with Crippen LogP contribution in [0, 0.1) is 0 Å². The summed E-state index contributed by atoms with van der Waals surface area (Å²) in [5.74, 6) is 0. The van der Waals surface area contributed by atoms with Crippen LogP contribution < -0.4 is 5.32 Å². The summed E-state index contributed by atoms with van der Waals surface area (Å²) in [7, 11) is 0. The summed E-state index contributed by atoms with van der Waals surface area (Å²) < 4.78 is 0. The average molecular weight is 282 g/mol. The highest BCUT2D eigenvalue weighted by Crippen LogP contribution is 2.22. The van der Waals surface area contributed by atoms with Crippen molar-refractivity contribution in [2.24, 2.45) is 0 Å². The Labute approximate surface area is 128 Å². The molecular weight excluding hydrogens is 256 g/mol. The van der Waals surface area contributed by atoms with Crippen LogP contribution in [0.25, 0.3) is 0 Å². The lowest BCUT2D eigenvalue weighted by Gasteiger charge is -2.19. The first-order chi connectivity index (χ1) is 10.3. The fraction of sp³-hybridized carbons (Fsp3) is 0.421. The molecule has 0 aliphatic carbocycles. The maximum absolute atomic E-state index is 4.12. The number of benzene rings is 1. The molecule has 1 aromatic carbocycles. The van der Waals surface area contributed by atoms with E-state index in [1.165, 1.54) is 36.0 Å². The molecule has 21 heavy (non-hydrogen) atoms. The average Bonchev–Trinajstić information content (AvgIpc) is 2.55. The Morgan fingerprint density at radius 2 is 1.57 bits per heavy atom. The molecule has 0 fully saturated rings. The molecule has 2 nitrogen and oxygen atoms in total. The van der Waals surface area contributed by atoms with Gasteiger partial charge in [-0.25, -0.2) is 0 Å². The number of hydrogen-bond acceptors (Lipinski definition) is 2. The van der Waals surface area contributed by atoms with Crippen molar-refractivity contribution in [3.63, 3.8) is 0 Å². The van der Waals surface area contributed by atoms with Gasteiger partial charge in [0.25, 0.3) is 0 Å². The molecule has 0 saturated carbocycles. The third-order valence-corrected chi connectivity index (χ3v) is 3.77. The Balaban J connectivity index is 2.16. The summed E-state index contributed by atoms with van der Waals surface area (Å²) in [6, 6.07) is 13.5. The highest BCUT2D eigenvalue weighted by molar-refractivity contribution is 5.32. The number of pyridine rings is 1. The third-order valence-electron chi connectivity index (χ3n) is 3.77. The van der Waals surface area contributed by atoms with Crippen molar-refractivity contribution in [2.45, 2.75) is 45.6 Å². The van der Waals surface area contributed by atoms with E-state index in [9.17, 15) is 0 Å². The molecule has 0 radical (unpaired) electrons. The normalized spacial score (nSPS) is 12.3. The molecule has 1 atom stereocenters. The number of unbranched alkanes of at least 4 members (excludes halogenated alkanes) is 1. The van der Waals surface area contributed by atoms with Gasteiger partial charge in [-0.1, -0.05) is 44.5 Å². The second-order valence-electron chi connectivity index (χ2n) is 5.51. The van der Waals surface area contributed by atoms with Crippen LogP contribution >= 0.6 is 0 Å². The predicted octanol–water partition coefficient (Wildman–Crippen LogP) is 4.51. The maximum Gasteiger partial charge on any atom is 0.0577 e. The van der Waals surface area contributed by atoms with Gasteiger partial charge < -0.3 is 5.32 Å². The fourth-order valence-electron chi connectivity index (χ4n) is 2.53. The van der Waals surface area contributed by atoms with Crippen molar-refractivity contribution >= 4 is 0 Å². The highest BCUT2D eigenvalue weighted by Gasteiger charge is 2.12. The van der Waals surface area contributed by atoms with Gasteiger partial charge in [0.15, 0.2) is 0 Å². The molecule has 1 unspecified atom stereocenters. The van der Waals surface area contributed by atoms with Crippen LogP contribution in [0.1, 0.15) is 55.8 Å². The minimum Gasteiger partial charge on any atom is -0.306 e. The first-order valence-corrected chi connectivity index (χ1v) is 8.07. The van der Waals surface area contributed by atoms with E-state index in [4.69, 9.17) is 0 Å². The number of rotatable bonds is 8. The second kappa shape index (κ2) is 8.58. The molecule has 1 aromatic heterocycles. The molecule has 0 saturated heterocycles. The van der Waals surface area contributed by atoms with Gasteiger partial charge in [-0.2, -0.15) is 0 Å². The largest absolute Gasteiger partial charge is 0.306 e. The molecule has 2 rings (SSSR count). The summed E-state index contributed by atoms with van der Waals surface area (Å²) in [5.41, 5.74) is 4.04. The Bertz CT molecular complexity index is 505. The van der Waals surface area contributed by atoms with Crippen molar-refractivity contribution in [1.82, 2.24) is 10.3 Å². The van der Waals surface area contributed by atoms with E-state index in [0.717, 1.165) is 13.0 Å². The van der Waals surface area contributed by atoms with E-state index in [0.29, 0.717) is 0 Å². The smallest absolute Gasteiger partial charge is 0.0577 e. The molecule has 1 heterocycles. The van der Waals surface area contributed by atoms with Crippen molar-refractivity contribution in [3.05, 3.63) is 65.5 Å². The molecule has 0 aliphatic rings. The zero-order valence-electron chi connectivity index (χ0n) is 13.2. The monoisotopic (exact) mass is 282 g/mol. The zero-order chi connectivity index (χ0) is 14.9. The van der Waals surface area contributed by atoms with Gasteiger partial charge in [-0.15, -0.1) is 0 Å². The topological polar surface area (TPSA) is 24.9 Å². The minimum atomic E-state index is 0.258. The van der Waals surface area contributed by atoms with Gasteiger partial charge in [0.1, 0.15) is 0 Å². The number of nitrogens with zero attached hydrogens (tertiary/aromatic N) is 1. The Hall–Kier alpha value is -1.67. The van der Waals surface area contributed by atoms with E-state index in [1.807, 2.05) is 12.4 Å². The fourth-order valence-corrected chi connectivity index (χ4v) is 2.53. The van der Waals surface area contributed by atoms with Gasteiger partial charge in [0, 0.05) is 12.4 Å². The highest BCUT2D eigenvalue weighted by atomic mass is 14.9. The lowest BCUT2D eigenvalue weighted by atomic mass is 9.97. The van der Waals surface area contributed by atoms with Gasteiger partial charge in [0.2, 0.25) is 0 Å². The van der Waals surface area contributed by atoms with E-state index in [2.05, 4.69) is 60.5 Å². The predicted molar refractivity (Wildman–Crippen MR) is 89.4 cm³/mol. The Morgan fingerprint density at radius 3 is 2.19 bits per heavy atom. The summed E-state index contributed by atoms with van der Waals surface area (Å²) in [4.78, 5) is 4.12. The molecule has 2 heteroatoms. The summed E-state index contributed by atoms with van der Waals surface area (Å²) in [6.45, 7) is 5.46. The van der Waals surface area contributed by atoms with Gasteiger partial charge in [0.05, 0.1) is 6.04 Å². The molecule has 0 aliphatic heterocycles. The molecule has 2 aromatic rings. The van der Waals surface area contributed by atoms with E-state index >= 15 is 0 Å². The third kappa shape index (κ3) is 4.68. The standard InChI is InChI=1S/C19H26N2/c1-3-5-6-16-7-9-17(10-8-16)19(21-13-4-2)18-11-14-20-15-12-18/h7-12,14-15,19,21H,3-6,13H2,1-2H3. The van der Waals surface area contributed by atoms with Crippen LogP contribution in [0.4, 0.5) is 0 Å². The summed E-state index contributed by atoms with van der Waals surface area (Å²) in [5, 5.41) is 3.64. The Kier molecular flexibility index (Phi) is 6.42. The summed E-state index contributed by atoms with van der Waals surface area (Å²) >= 11 is 0. The SMILES string of the molecule is CCCCc1ccc(C(NCCC)c2ccncc2)cc1. The van der Waals surface area contributed by atoms with E-state index in [1.54, 1.807) is 0 Å². The van der Waals surface area contributed by atoms with Crippen LogP contribution in [0.5, 0.6) is 0 Å². The molecule has 0 amide bonds. The van der Waals surface area contributed by atoms with Gasteiger partial charge >= 0.3 is 0 Å². The first-order valence-electron chi connectivity index (χ1n) is 8.07. The molecular formula is C19H26N2.